The van der Waals surface area contributed by atoms with Gasteiger partial charge in [0.25, 0.3) is 0 Å². The number of amides is 1. The number of rotatable bonds is 4. The lowest BCUT2D eigenvalue weighted by atomic mass is 9.97. The van der Waals surface area contributed by atoms with Crippen LogP contribution in [0.2, 0.25) is 0 Å². The number of ketones is 1. The van der Waals surface area contributed by atoms with Crippen molar-refractivity contribution in [3.63, 3.8) is 0 Å². The third-order valence-electron chi connectivity index (χ3n) is 3.22. The summed E-state index contributed by atoms with van der Waals surface area (Å²) in [5, 5.41) is 2.89. The Morgan fingerprint density at radius 2 is 2.22 bits per heavy atom. The second-order valence-corrected chi connectivity index (χ2v) is 5.28. The molecule has 2 rings (SSSR count). The van der Waals surface area contributed by atoms with E-state index in [2.05, 4.69) is 19.2 Å². The Bertz CT molecular complexity index is 460. The molecule has 0 unspecified atom stereocenters. The third-order valence-corrected chi connectivity index (χ3v) is 3.22. The number of carbonyl (C=O) groups is 2. The number of Topliss-reactive ketones (excluding diaryl/α,β-unsaturated/α-hetero) is 1. The van der Waals surface area contributed by atoms with E-state index in [0.29, 0.717) is 25.4 Å². The van der Waals surface area contributed by atoms with Crippen LogP contribution in [0.15, 0.2) is 12.3 Å². The fourth-order valence-electron chi connectivity index (χ4n) is 2.27. The average molecular weight is 248 g/mol. The van der Waals surface area contributed by atoms with Gasteiger partial charge in [-0.2, -0.15) is 0 Å². The van der Waals surface area contributed by atoms with E-state index in [-0.39, 0.29) is 11.7 Å². The van der Waals surface area contributed by atoms with Crippen LogP contribution in [0.1, 0.15) is 42.7 Å². The van der Waals surface area contributed by atoms with Gasteiger partial charge in [-0.15, -0.1) is 0 Å². The minimum atomic E-state index is 0.0140. The van der Waals surface area contributed by atoms with Crippen LogP contribution in [0.3, 0.4) is 0 Å². The SMILES string of the molecule is CC(C)CNC(=O)Cn1ccc2c1CCCC2=O. The van der Waals surface area contributed by atoms with Gasteiger partial charge in [0.1, 0.15) is 6.54 Å². The number of aromatic nitrogens is 1. The van der Waals surface area contributed by atoms with Crippen LogP contribution < -0.4 is 5.32 Å². The number of nitrogens with one attached hydrogen (secondary N) is 1. The van der Waals surface area contributed by atoms with E-state index in [9.17, 15) is 9.59 Å². The Morgan fingerprint density at radius 3 is 2.94 bits per heavy atom. The van der Waals surface area contributed by atoms with Gasteiger partial charge in [0, 0.05) is 30.4 Å². The topological polar surface area (TPSA) is 51.1 Å². The Labute approximate surface area is 107 Å². The van der Waals surface area contributed by atoms with Crippen LogP contribution in [-0.4, -0.2) is 22.8 Å². The lowest BCUT2D eigenvalue weighted by Gasteiger charge is -2.15. The first-order chi connectivity index (χ1) is 8.58. The van der Waals surface area contributed by atoms with Gasteiger partial charge in [-0.1, -0.05) is 13.8 Å². The molecule has 1 aliphatic carbocycles. The van der Waals surface area contributed by atoms with Crippen LogP contribution in [-0.2, 0) is 17.8 Å². The number of fused-ring (bicyclic) bond motifs is 1. The Kier molecular flexibility index (Phi) is 3.84. The van der Waals surface area contributed by atoms with Gasteiger partial charge in [-0.05, 0) is 24.8 Å². The molecule has 0 spiro atoms. The fourth-order valence-corrected chi connectivity index (χ4v) is 2.27. The number of hydrogen-bond acceptors (Lipinski definition) is 2. The molecule has 1 N–H and O–H groups in total. The molecule has 1 aromatic heterocycles. The van der Waals surface area contributed by atoms with Crippen LogP contribution in [0.25, 0.3) is 0 Å². The second-order valence-electron chi connectivity index (χ2n) is 5.28. The van der Waals surface area contributed by atoms with E-state index in [1.807, 2.05) is 16.8 Å². The smallest absolute Gasteiger partial charge is 0.239 e. The first-order valence-electron chi connectivity index (χ1n) is 6.56. The summed E-state index contributed by atoms with van der Waals surface area (Å²) in [6.07, 6.45) is 4.27. The summed E-state index contributed by atoms with van der Waals surface area (Å²) in [6.45, 7) is 5.14. The summed E-state index contributed by atoms with van der Waals surface area (Å²) in [5.74, 6) is 0.673. The van der Waals surface area contributed by atoms with Crippen molar-refractivity contribution in [1.29, 1.82) is 0 Å². The van der Waals surface area contributed by atoms with Gasteiger partial charge in [-0.25, -0.2) is 0 Å². The number of nitrogens with zero attached hydrogens (tertiary/aromatic N) is 1. The predicted octanol–water partition coefficient (Wildman–Crippen LogP) is 1.78. The Morgan fingerprint density at radius 1 is 1.44 bits per heavy atom. The normalized spacial score (nSPS) is 14.7. The first kappa shape index (κ1) is 12.9. The quantitative estimate of drug-likeness (QED) is 0.883. The van der Waals surface area contributed by atoms with Crippen LogP contribution in [0.5, 0.6) is 0 Å². The lowest BCUT2D eigenvalue weighted by Crippen LogP contribution is -2.31. The molecule has 0 fully saturated rings. The molecule has 1 amide bonds. The minimum Gasteiger partial charge on any atom is -0.354 e. The van der Waals surface area contributed by atoms with E-state index in [4.69, 9.17) is 0 Å². The molecule has 0 aliphatic heterocycles. The summed E-state index contributed by atoms with van der Waals surface area (Å²) >= 11 is 0. The molecule has 0 atom stereocenters. The maximum absolute atomic E-state index is 11.8. The molecule has 0 aromatic carbocycles. The fraction of sp³-hybridized carbons (Fsp3) is 0.571. The van der Waals surface area contributed by atoms with Gasteiger partial charge in [0.2, 0.25) is 5.91 Å². The van der Waals surface area contributed by atoms with Crippen molar-refractivity contribution < 1.29 is 9.59 Å². The van der Waals surface area contributed by atoms with E-state index >= 15 is 0 Å². The number of hydrogen-bond donors (Lipinski definition) is 1. The summed E-state index contributed by atoms with van der Waals surface area (Å²) in [5.41, 5.74) is 1.82. The third kappa shape index (κ3) is 2.81. The van der Waals surface area contributed by atoms with Crippen LogP contribution in [0, 0.1) is 5.92 Å². The predicted molar refractivity (Wildman–Crippen MR) is 69.5 cm³/mol. The molecule has 0 saturated heterocycles. The highest BCUT2D eigenvalue weighted by molar-refractivity contribution is 5.98. The van der Waals surface area contributed by atoms with Crippen LogP contribution in [0.4, 0.5) is 0 Å². The highest BCUT2D eigenvalue weighted by Gasteiger charge is 2.21. The van der Waals surface area contributed by atoms with Crippen molar-refractivity contribution in [2.24, 2.45) is 5.92 Å². The maximum atomic E-state index is 11.8. The zero-order valence-electron chi connectivity index (χ0n) is 11.0. The van der Waals surface area contributed by atoms with Gasteiger partial charge < -0.3 is 9.88 Å². The largest absolute Gasteiger partial charge is 0.354 e. The molecule has 18 heavy (non-hydrogen) atoms. The van der Waals surface area contributed by atoms with E-state index in [0.717, 1.165) is 24.1 Å². The van der Waals surface area contributed by atoms with Crippen molar-refractivity contribution in [3.8, 4) is 0 Å². The van der Waals surface area contributed by atoms with Crippen molar-refractivity contribution >= 4 is 11.7 Å². The zero-order valence-corrected chi connectivity index (χ0v) is 11.0. The molecule has 0 saturated carbocycles. The summed E-state index contributed by atoms with van der Waals surface area (Å²) in [7, 11) is 0. The molecule has 0 bridgehead atoms. The Hall–Kier alpha value is -1.58. The molecule has 0 radical (unpaired) electrons. The van der Waals surface area contributed by atoms with Gasteiger partial charge in [0.05, 0.1) is 0 Å². The summed E-state index contributed by atoms with van der Waals surface area (Å²) in [6, 6.07) is 1.84. The van der Waals surface area contributed by atoms with Crippen molar-refractivity contribution in [3.05, 3.63) is 23.5 Å². The highest BCUT2D eigenvalue weighted by atomic mass is 16.2. The minimum absolute atomic E-state index is 0.0140. The van der Waals surface area contributed by atoms with Crippen molar-refractivity contribution in [2.45, 2.75) is 39.7 Å². The van der Waals surface area contributed by atoms with Crippen LogP contribution >= 0.6 is 0 Å². The first-order valence-corrected chi connectivity index (χ1v) is 6.56. The monoisotopic (exact) mass is 248 g/mol. The molecular weight excluding hydrogens is 228 g/mol. The number of carbonyl (C=O) groups excluding carboxylic acids is 2. The Balaban J connectivity index is 2.02. The molecule has 4 heteroatoms. The van der Waals surface area contributed by atoms with Gasteiger partial charge in [-0.3, -0.25) is 9.59 Å². The van der Waals surface area contributed by atoms with E-state index in [1.165, 1.54) is 0 Å². The molecule has 1 aromatic rings. The summed E-state index contributed by atoms with van der Waals surface area (Å²) in [4.78, 5) is 23.5. The lowest BCUT2D eigenvalue weighted by molar-refractivity contribution is -0.121. The molecule has 4 nitrogen and oxygen atoms in total. The van der Waals surface area contributed by atoms with Gasteiger partial charge in [0.15, 0.2) is 5.78 Å². The average Bonchev–Trinajstić information content (AvgIpc) is 2.72. The van der Waals surface area contributed by atoms with E-state index < -0.39 is 0 Å². The van der Waals surface area contributed by atoms with Gasteiger partial charge >= 0.3 is 0 Å². The standard InChI is InChI=1S/C14H20N2O2/c1-10(2)8-15-14(18)9-16-7-6-11-12(16)4-3-5-13(11)17/h6-7,10H,3-5,8-9H2,1-2H3,(H,15,18). The second kappa shape index (κ2) is 5.38. The van der Waals surface area contributed by atoms with Crippen molar-refractivity contribution in [1.82, 2.24) is 9.88 Å². The molecule has 98 valence electrons. The zero-order chi connectivity index (χ0) is 13.1. The molecule has 1 heterocycles. The molecular formula is C14H20N2O2. The highest BCUT2D eigenvalue weighted by Crippen LogP contribution is 2.22. The summed E-state index contributed by atoms with van der Waals surface area (Å²) < 4.78 is 1.90. The maximum Gasteiger partial charge on any atom is 0.239 e. The van der Waals surface area contributed by atoms with E-state index in [1.54, 1.807) is 0 Å². The van der Waals surface area contributed by atoms with Crippen molar-refractivity contribution in [2.75, 3.05) is 6.54 Å². The molecule has 1 aliphatic rings.